The molecule has 13 heavy (non-hydrogen) atoms. The maximum Gasteiger partial charge on any atom is 0.0825 e. The number of piperidine rings is 1. The molecule has 0 aliphatic carbocycles. The van der Waals surface area contributed by atoms with E-state index in [-0.39, 0.29) is 0 Å². The third-order valence-electron chi connectivity index (χ3n) is 3.36. The molecular weight excluding hydrogens is 164 g/mol. The second-order valence-electron chi connectivity index (χ2n) is 4.35. The van der Waals surface area contributed by atoms with Crippen LogP contribution in [0.3, 0.4) is 0 Å². The van der Waals surface area contributed by atoms with Crippen LogP contribution in [0, 0.1) is 0 Å². The predicted octanol–water partition coefficient (Wildman–Crippen LogP) is 0.457. The van der Waals surface area contributed by atoms with Gasteiger partial charge >= 0.3 is 0 Å². The Kier molecular flexibility index (Phi) is 2.86. The normalized spacial score (nSPS) is 37.4. The Balaban J connectivity index is 1.71. The molecule has 0 aromatic rings. The molecule has 2 aliphatic heterocycles. The maximum atomic E-state index is 5.27. The van der Waals surface area contributed by atoms with E-state index in [1.807, 2.05) is 7.11 Å². The molecule has 3 heteroatoms. The minimum absolute atomic E-state index is 0.499. The maximum absolute atomic E-state index is 5.27. The summed E-state index contributed by atoms with van der Waals surface area (Å²) < 4.78 is 5.27. The van der Waals surface area contributed by atoms with Crippen molar-refractivity contribution in [1.29, 1.82) is 0 Å². The van der Waals surface area contributed by atoms with Crippen molar-refractivity contribution in [3.8, 4) is 0 Å². The third-order valence-corrected chi connectivity index (χ3v) is 3.36. The van der Waals surface area contributed by atoms with Crippen LogP contribution in [0.1, 0.15) is 19.8 Å². The first-order valence-corrected chi connectivity index (χ1v) is 5.30. The molecule has 2 fully saturated rings. The van der Waals surface area contributed by atoms with Gasteiger partial charge in [0.1, 0.15) is 0 Å². The number of hydrogen-bond donors (Lipinski definition) is 1. The van der Waals surface area contributed by atoms with Crippen molar-refractivity contribution in [1.82, 2.24) is 10.2 Å². The topological polar surface area (TPSA) is 24.5 Å². The van der Waals surface area contributed by atoms with Crippen LogP contribution in [-0.2, 0) is 4.74 Å². The molecule has 0 amide bonds. The van der Waals surface area contributed by atoms with Gasteiger partial charge in [0, 0.05) is 38.8 Å². The highest BCUT2D eigenvalue weighted by molar-refractivity contribution is 4.90. The largest absolute Gasteiger partial charge is 0.379 e. The van der Waals surface area contributed by atoms with Gasteiger partial charge in [-0.3, -0.25) is 4.90 Å². The standard InChI is InChI=1S/C10H20N2O/c1-8-3-4-9(5-11-8)12-6-10(7-12)13-2/h8-11H,3-7H2,1-2H3. The average molecular weight is 184 g/mol. The zero-order chi connectivity index (χ0) is 9.26. The van der Waals surface area contributed by atoms with Gasteiger partial charge in [0.2, 0.25) is 0 Å². The lowest BCUT2D eigenvalue weighted by Crippen LogP contribution is -2.60. The van der Waals surface area contributed by atoms with E-state index in [4.69, 9.17) is 4.74 Å². The molecule has 2 rings (SSSR count). The lowest BCUT2D eigenvalue weighted by Gasteiger charge is -2.45. The molecule has 1 N–H and O–H groups in total. The van der Waals surface area contributed by atoms with Crippen LogP contribution in [0.25, 0.3) is 0 Å². The second-order valence-corrected chi connectivity index (χ2v) is 4.35. The Bertz CT molecular complexity index is 160. The number of methoxy groups -OCH3 is 1. The van der Waals surface area contributed by atoms with E-state index in [1.54, 1.807) is 0 Å². The zero-order valence-corrected chi connectivity index (χ0v) is 8.62. The van der Waals surface area contributed by atoms with Crippen LogP contribution < -0.4 is 5.32 Å². The first kappa shape index (κ1) is 9.44. The second kappa shape index (κ2) is 3.95. The van der Waals surface area contributed by atoms with Gasteiger partial charge in [-0.15, -0.1) is 0 Å². The van der Waals surface area contributed by atoms with Crippen molar-refractivity contribution in [2.45, 2.75) is 38.0 Å². The van der Waals surface area contributed by atoms with Gasteiger partial charge < -0.3 is 10.1 Å². The number of nitrogens with one attached hydrogen (secondary N) is 1. The first-order valence-electron chi connectivity index (χ1n) is 5.30. The van der Waals surface area contributed by atoms with Crippen LogP contribution in [-0.4, -0.2) is 49.8 Å². The molecule has 2 aliphatic rings. The van der Waals surface area contributed by atoms with Gasteiger partial charge in [0.15, 0.2) is 0 Å². The fourth-order valence-electron chi connectivity index (χ4n) is 2.21. The van der Waals surface area contributed by atoms with Crippen molar-refractivity contribution in [3.63, 3.8) is 0 Å². The summed E-state index contributed by atoms with van der Waals surface area (Å²) in [5.41, 5.74) is 0. The van der Waals surface area contributed by atoms with Crippen LogP contribution in [0.15, 0.2) is 0 Å². The van der Waals surface area contributed by atoms with Crippen molar-refractivity contribution in [3.05, 3.63) is 0 Å². The number of likely N-dealkylation sites (tertiary alicyclic amines) is 1. The smallest absolute Gasteiger partial charge is 0.0825 e. The summed E-state index contributed by atoms with van der Waals surface area (Å²) >= 11 is 0. The monoisotopic (exact) mass is 184 g/mol. The molecule has 3 nitrogen and oxygen atoms in total. The average Bonchev–Trinajstić information content (AvgIpc) is 2.06. The summed E-state index contributed by atoms with van der Waals surface area (Å²) in [6, 6.07) is 1.48. The predicted molar refractivity (Wildman–Crippen MR) is 52.9 cm³/mol. The van der Waals surface area contributed by atoms with Crippen molar-refractivity contribution in [2.24, 2.45) is 0 Å². The Morgan fingerprint density at radius 3 is 2.62 bits per heavy atom. The SMILES string of the molecule is COC1CN(C2CCC(C)NC2)C1. The summed E-state index contributed by atoms with van der Waals surface area (Å²) in [6.45, 7) is 5.70. The van der Waals surface area contributed by atoms with E-state index < -0.39 is 0 Å². The fraction of sp³-hybridized carbons (Fsp3) is 1.00. The molecule has 0 spiro atoms. The number of nitrogens with zero attached hydrogens (tertiary/aromatic N) is 1. The lowest BCUT2D eigenvalue weighted by atomic mass is 9.97. The summed E-state index contributed by atoms with van der Waals surface area (Å²) in [6.07, 6.45) is 3.17. The molecule has 0 aromatic carbocycles. The van der Waals surface area contributed by atoms with E-state index in [0.29, 0.717) is 6.10 Å². The molecule has 2 saturated heterocycles. The van der Waals surface area contributed by atoms with Crippen LogP contribution >= 0.6 is 0 Å². The van der Waals surface area contributed by atoms with Gasteiger partial charge in [0.05, 0.1) is 6.10 Å². The minimum Gasteiger partial charge on any atom is -0.379 e. The van der Waals surface area contributed by atoms with E-state index in [1.165, 1.54) is 12.8 Å². The Labute approximate surface area is 80.4 Å². The zero-order valence-electron chi connectivity index (χ0n) is 8.62. The molecule has 0 aromatic heterocycles. The molecule has 2 heterocycles. The van der Waals surface area contributed by atoms with Crippen molar-refractivity contribution in [2.75, 3.05) is 26.7 Å². The van der Waals surface area contributed by atoms with Gasteiger partial charge in [-0.25, -0.2) is 0 Å². The molecule has 0 radical (unpaired) electrons. The Morgan fingerprint density at radius 1 is 1.31 bits per heavy atom. The molecule has 0 bridgehead atoms. The molecule has 2 unspecified atom stereocenters. The summed E-state index contributed by atoms with van der Waals surface area (Å²) in [7, 11) is 1.81. The minimum atomic E-state index is 0.499. The highest BCUT2D eigenvalue weighted by atomic mass is 16.5. The summed E-state index contributed by atoms with van der Waals surface area (Å²) in [4.78, 5) is 2.53. The molecular formula is C10H20N2O. The van der Waals surface area contributed by atoms with Gasteiger partial charge in [-0.1, -0.05) is 0 Å². The van der Waals surface area contributed by atoms with Crippen LogP contribution in [0.4, 0.5) is 0 Å². The highest BCUT2D eigenvalue weighted by Crippen LogP contribution is 2.20. The Morgan fingerprint density at radius 2 is 2.08 bits per heavy atom. The summed E-state index contributed by atoms with van der Waals surface area (Å²) in [5, 5.41) is 3.53. The Hall–Kier alpha value is -0.120. The number of rotatable bonds is 2. The van der Waals surface area contributed by atoms with E-state index >= 15 is 0 Å². The van der Waals surface area contributed by atoms with Crippen molar-refractivity contribution >= 4 is 0 Å². The lowest BCUT2D eigenvalue weighted by molar-refractivity contribution is -0.0557. The van der Waals surface area contributed by atoms with Gasteiger partial charge in [0.25, 0.3) is 0 Å². The molecule has 0 saturated carbocycles. The quantitative estimate of drug-likeness (QED) is 0.674. The van der Waals surface area contributed by atoms with E-state index in [2.05, 4.69) is 17.1 Å². The molecule has 2 atom stereocenters. The van der Waals surface area contributed by atoms with E-state index in [9.17, 15) is 0 Å². The third kappa shape index (κ3) is 2.03. The van der Waals surface area contributed by atoms with Gasteiger partial charge in [-0.2, -0.15) is 0 Å². The van der Waals surface area contributed by atoms with Crippen LogP contribution in [0.5, 0.6) is 0 Å². The summed E-state index contributed by atoms with van der Waals surface area (Å²) in [5.74, 6) is 0. The molecule has 76 valence electrons. The van der Waals surface area contributed by atoms with E-state index in [0.717, 1.165) is 31.7 Å². The number of ether oxygens (including phenoxy) is 1. The van der Waals surface area contributed by atoms with Crippen molar-refractivity contribution < 1.29 is 4.74 Å². The first-order chi connectivity index (χ1) is 6.29. The van der Waals surface area contributed by atoms with Crippen LogP contribution in [0.2, 0.25) is 0 Å². The van der Waals surface area contributed by atoms with Gasteiger partial charge in [-0.05, 0) is 19.8 Å². The fourth-order valence-corrected chi connectivity index (χ4v) is 2.21. The number of hydrogen-bond acceptors (Lipinski definition) is 3. The highest BCUT2D eigenvalue weighted by Gasteiger charge is 2.33.